The summed E-state index contributed by atoms with van der Waals surface area (Å²) >= 11 is 1.57. The summed E-state index contributed by atoms with van der Waals surface area (Å²) < 4.78 is 10.8. The lowest BCUT2D eigenvalue weighted by Crippen LogP contribution is -2.51. The van der Waals surface area contributed by atoms with Crippen molar-refractivity contribution in [3.8, 4) is 10.8 Å². The molecule has 28 heavy (non-hydrogen) atoms. The van der Waals surface area contributed by atoms with Gasteiger partial charge >= 0.3 is 0 Å². The second kappa shape index (κ2) is 9.14. The first-order valence-corrected chi connectivity index (χ1v) is 10.2. The molecule has 0 bridgehead atoms. The molecule has 1 fully saturated rings. The first-order chi connectivity index (χ1) is 13.8. The SMILES string of the molecule is O=C(C(Cc1ccccc1)NCc1cnc(-c2ccco2)s1)N1CCOCC1. The normalized spacial score (nSPS) is 15.5. The molecular formula is C21H23N3O3S. The van der Waals surface area contributed by atoms with Crippen LogP contribution in [0.5, 0.6) is 0 Å². The number of hydrogen-bond donors (Lipinski definition) is 1. The Kier molecular flexibility index (Phi) is 6.16. The van der Waals surface area contributed by atoms with E-state index in [0.717, 1.165) is 21.2 Å². The number of thiazole rings is 1. The highest BCUT2D eigenvalue weighted by atomic mass is 32.1. The van der Waals surface area contributed by atoms with E-state index in [-0.39, 0.29) is 11.9 Å². The van der Waals surface area contributed by atoms with E-state index in [4.69, 9.17) is 9.15 Å². The number of hydrogen-bond acceptors (Lipinski definition) is 6. The third-order valence-electron chi connectivity index (χ3n) is 4.71. The largest absolute Gasteiger partial charge is 0.462 e. The zero-order chi connectivity index (χ0) is 19.2. The van der Waals surface area contributed by atoms with E-state index in [1.807, 2.05) is 41.4 Å². The van der Waals surface area contributed by atoms with E-state index in [0.29, 0.717) is 39.3 Å². The summed E-state index contributed by atoms with van der Waals surface area (Å²) in [7, 11) is 0. The maximum absolute atomic E-state index is 13.1. The molecule has 0 spiro atoms. The van der Waals surface area contributed by atoms with Crippen LogP contribution in [0.15, 0.2) is 59.3 Å². The van der Waals surface area contributed by atoms with Crippen LogP contribution in [-0.2, 0) is 22.5 Å². The molecule has 6 nitrogen and oxygen atoms in total. The molecule has 1 aromatic carbocycles. The maximum atomic E-state index is 13.1. The molecule has 1 N–H and O–H groups in total. The minimum absolute atomic E-state index is 0.128. The van der Waals surface area contributed by atoms with Gasteiger partial charge in [0.2, 0.25) is 5.91 Å². The van der Waals surface area contributed by atoms with Gasteiger partial charge in [-0.25, -0.2) is 4.98 Å². The number of nitrogens with one attached hydrogen (secondary N) is 1. The van der Waals surface area contributed by atoms with Gasteiger partial charge in [-0.1, -0.05) is 30.3 Å². The van der Waals surface area contributed by atoms with E-state index in [2.05, 4.69) is 22.4 Å². The second-order valence-corrected chi connectivity index (χ2v) is 7.79. The van der Waals surface area contributed by atoms with Crippen LogP contribution in [0.3, 0.4) is 0 Å². The lowest BCUT2D eigenvalue weighted by atomic mass is 10.0. The zero-order valence-electron chi connectivity index (χ0n) is 15.5. The molecule has 2 aromatic heterocycles. The number of aromatic nitrogens is 1. The first-order valence-electron chi connectivity index (χ1n) is 9.42. The number of ether oxygens (including phenoxy) is 1. The molecule has 0 aliphatic carbocycles. The van der Waals surface area contributed by atoms with Gasteiger partial charge in [-0.3, -0.25) is 4.79 Å². The molecule has 7 heteroatoms. The summed E-state index contributed by atoms with van der Waals surface area (Å²) in [6.07, 6.45) is 4.14. The third-order valence-corrected chi connectivity index (χ3v) is 5.72. The number of furan rings is 1. The number of amides is 1. The van der Waals surface area contributed by atoms with Gasteiger partial charge < -0.3 is 19.4 Å². The summed E-state index contributed by atoms with van der Waals surface area (Å²) in [4.78, 5) is 20.5. The Morgan fingerprint density at radius 1 is 1.18 bits per heavy atom. The Morgan fingerprint density at radius 3 is 2.75 bits per heavy atom. The molecule has 1 saturated heterocycles. The van der Waals surface area contributed by atoms with Crippen molar-refractivity contribution in [3.63, 3.8) is 0 Å². The third kappa shape index (κ3) is 4.67. The molecule has 146 valence electrons. The number of rotatable bonds is 7. The first kappa shape index (κ1) is 18.9. The quantitative estimate of drug-likeness (QED) is 0.664. The van der Waals surface area contributed by atoms with Crippen LogP contribution in [0.2, 0.25) is 0 Å². The van der Waals surface area contributed by atoms with Crippen LogP contribution < -0.4 is 5.32 Å². The molecular weight excluding hydrogens is 374 g/mol. The van der Waals surface area contributed by atoms with Crippen molar-refractivity contribution in [2.75, 3.05) is 26.3 Å². The van der Waals surface area contributed by atoms with Crippen LogP contribution in [0.25, 0.3) is 10.8 Å². The standard InChI is InChI=1S/C21H23N3O3S/c25-21(24-8-11-26-12-9-24)18(13-16-5-2-1-3-6-16)22-14-17-15-23-20(28-17)19-7-4-10-27-19/h1-7,10,15,18,22H,8-9,11-14H2. The van der Waals surface area contributed by atoms with Crippen LogP contribution in [0.4, 0.5) is 0 Å². The van der Waals surface area contributed by atoms with Crippen molar-refractivity contribution in [2.45, 2.75) is 19.0 Å². The average Bonchev–Trinajstić information content (AvgIpc) is 3.44. The fourth-order valence-electron chi connectivity index (χ4n) is 3.23. The highest BCUT2D eigenvalue weighted by Crippen LogP contribution is 2.25. The summed E-state index contributed by atoms with van der Waals surface area (Å²) in [5.74, 6) is 0.893. The van der Waals surface area contributed by atoms with E-state index >= 15 is 0 Å². The van der Waals surface area contributed by atoms with Crippen molar-refractivity contribution in [2.24, 2.45) is 0 Å². The van der Waals surface area contributed by atoms with E-state index < -0.39 is 0 Å². The lowest BCUT2D eigenvalue weighted by Gasteiger charge is -2.31. The molecule has 4 rings (SSSR count). The Hall–Kier alpha value is -2.48. The fraction of sp³-hybridized carbons (Fsp3) is 0.333. The summed E-state index contributed by atoms with van der Waals surface area (Å²) in [5.41, 5.74) is 1.14. The highest BCUT2D eigenvalue weighted by Gasteiger charge is 2.26. The van der Waals surface area contributed by atoms with Crippen molar-refractivity contribution in [3.05, 3.63) is 65.4 Å². The number of carbonyl (C=O) groups is 1. The number of benzene rings is 1. The maximum Gasteiger partial charge on any atom is 0.240 e. The smallest absolute Gasteiger partial charge is 0.240 e. The summed E-state index contributed by atoms with van der Waals surface area (Å²) in [5, 5.41) is 4.30. The molecule has 1 aliphatic heterocycles. The number of carbonyl (C=O) groups excluding carboxylic acids is 1. The number of nitrogens with zero attached hydrogens (tertiary/aromatic N) is 2. The van der Waals surface area contributed by atoms with Gasteiger partial charge in [-0.2, -0.15) is 0 Å². The van der Waals surface area contributed by atoms with Gasteiger partial charge in [0.05, 0.1) is 25.5 Å². The second-order valence-electron chi connectivity index (χ2n) is 6.67. The van der Waals surface area contributed by atoms with Crippen LogP contribution in [0, 0.1) is 0 Å². The summed E-state index contributed by atoms with van der Waals surface area (Å²) in [6, 6.07) is 13.6. The average molecular weight is 398 g/mol. The molecule has 3 heterocycles. The Balaban J connectivity index is 1.44. The van der Waals surface area contributed by atoms with Crippen LogP contribution in [-0.4, -0.2) is 48.1 Å². The lowest BCUT2D eigenvalue weighted by molar-refractivity contribution is -0.137. The van der Waals surface area contributed by atoms with Gasteiger partial charge in [0.1, 0.15) is 0 Å². The van der Waals surface area contributed by atoms with E-state index in [1.54, 1.807) is 17.6 Å². The minimum atomic E-state index is -0.283. The van der Waals surface area contributed by atoms with Crippen molar-refractivity contribution < 1.29 is 13.9 Å². The molecule has 1 aliphatic rings. The van der Waals surface area contributed by atoms with Crippen molar-refractivity contribution in [1.82, 2.24) is 15.2 Å². The molecule has 0 radical (unpaired) electrons. The monoisotopic (exact) mass is 397 g/mol. The van der Waals surface area contributed by atoms with E-state index in [9.17, 15) is 4.79 Å². The van der Waals surface area contributed by atoms with E-state index in [1.165, 1.54) is 0 Å². The van der Waals surface area contributed by atoms with Gasteiger partial charge in [0.25, 0.3) is 0 Å². The Bertz CT molecular complexity index is 873. The molecule has 1 unspecified atom stereocenters. The van der Waals surface area contributed by atoms with Crippen molar-refractivity contribution in [1.29, 1.82) is 0 Å². The molecule has 1 amide bonds. The Morgan fingerprint density at radius 2 is 2.00 bits per heavy atom. The molecule has 3 aromatic rings. The zero-order valence-corrected chi connectivity index (χ0v) is 16.4. The molecule has 1 atom stereocenters. The number of morpholine rings is 1. The van der Waals surface area contributed by atoms with Crippen molar-refractivity contribution >= 4 is 17.2 Å². The highest BCUT2D eigenvalue weighted by molar-refractivity contribution is 7.14. The van der Waals surface area contributed by atoms with Gasteiger partial charge in [0, 0.05) is 30.7 Å². The predicted molar refractivity (Wildman–Crippen MR) is 108 cm³/mol. The topological polar surface area (TPSA) is 67.6 Å². The Labute approximate surface area is 168 Å². The van der Waals surface area contributed by atoms with Crippen LogP contribution >= 0.6 is 11.3 Å². The van der Waals surface area contributed by atoms with Crippen LogP contribution in [0.1, 0.15) is 10.4 Å². The summed E-state index contributed by atoms with van der Waals surface area (Å²) in [6.45, 7) is 3.09. The van der Waals surface area contributed by atoms with Gasteiger partial charge in [0.15, 0.2) is 10.8 Å². The van der Waals surface area contributed by atoms with Gasteiger partial charge in [-0.15, -0.1) is 11.3 Å². The minimum Gasteiger partial charge on any atom is -0.462 e. The predicted octanol–water partition coefficient (Wildman–Crippen LogP) is 2.96. The molecule has 0 saturated carbocycles. The fourth-order valence-corrected chi connectivity index (χ4v) is 4.06. The van der Waals surface area contributed by atoms with Gasteiger partial charge in [-0.05, 0) is 24.1 Å².